The van der Waals surface area contributed by atoms with Crippen LogP contribution < -0.4 is 5.32 Å². The molecule has 0 saturated heterocycles. The molecule has 2 fully saturated rings. The van der Waals surface area contributed by atoms with Gasteiger partial charge in [-0.25, -0.2) is 4.39 Å². The molecule has 4 atom stereocenters. The minimum absolute atomic E-state index is 0.176. The second-order valence-corrected chi connectivity index (χ2v) is 7.03. The number of fused-ring (bicyclic) bond motifs is 2. The van der Waals surface area contributed by atoms with Gasteiger partial charge in [0, 0.05) is 10.5 Å². The first-order chi connectivity index (χ1) is 9.17. The Hall–Kier alpha value is -0.410. The molecule has 0 aliphatic heterocycles. The van der Waals surface area contributed by atoms with Crippen LogP contribution in [0.3, 0.4) is 0 Å². The van der Waals surface area contributed by atoms with Crippen molar-refractivity contribution >= 4 is 15.9 Å². The summed E-state index contributed by atoms with van der Waals surface area (Å²) in [5.41, 5.74) is 1.19. The molecule has 2 aliphatic carbocycles. The summed E-state index contributed by atoms with van der Waals surface area (Å²) in [5, 5.41) is 3.41. The van der Waals surface area contributed by atoms with Crippen molar-refractivity contribution < 1.29 is 4.39 Å². The maximum absolute atomic E-state index is 13.2. The fourth-order valence-corrected chi connectivity index (χ4v) is 4.78. The average Bonchev–Trinajstić information content (AvgIpc) is 2.99. The largest absolute Gasteiger partial charge is 0.313 e. The lowest BCUT2D eigenvalue weighted by Crippen LogP contribution is -2.23. The lowest BCUT2D eigenvalue weighted by Gasteiger charge is -2.27. The van der Waals surface area contributed by atoms with Gasteiger partial charge in [0.05, 0.1) is 0 Å². The molecule has 1 N–H and O–H groups in total. The molecule has 0 spiro atoms. The summed E-state index contributed by atoms with van der Waals surface area (Å²) >= 11 is 3.50. The van der Waals surface area contributed by atoms with Gasteiger partial charge in [-0.15, -0.1) is 0 Å². The van der Waals surface area contributed by atoms with Crippen LogP contribution >= 0.6 is 15.9 Å². The van der Waals surface area contributed by atoms with Crippen LogP contribution in [0.1, 0.15) is 43.7 Å². The first-order valence-corrected chi connectivity index (χ1v) is 8.09. The van der Waals surface area contributed by atoms with Crippen molar-refractivity contribution in [1.82, 2.24) is 5.32 Å². The Bertz CT molecular complexity index is 462. The van der Waals surface area contributed by atoms with E-state index in [4.69, 9.17) is 0 Å². The number of benzene rings is 1. The standard InChI is InChI=1S/C16H21BrFN/c1-19-16(14-5-4-13(18)9-15(14)17)8-12-7-10-2-3-11(12)6-10/h4-5,9-12,16,19H,2-3,6-8H2,1H3. The number of rotatable bonds is 4. The lowest BCUT2D eigenvalue weighted by molar-refractivity contribution is 0.284. The Morgan fingerprint density at radius 2 is 2.21 bits per heavy atom. The quantitative estimate of drug-likeness (QED) is 0.847. The Morgan fingerprint density at radius 3 is 2.79 bits per heavy atom. The summed E-state index contributed by atoms with van der Waals surface area (Å²) < 4.78 is 14.1. The summed E-state index contributed by atoms with van der Waals surface area (Å²) in [5.74, 6) is 2.61. The van der Waals surface area contributed by atoms with Gasteiger partial charge in [0.2, 0.25) is 0 Å². The van der Waals surface area contributed by atoms with Gasteiger partial charge >= 0.3 is 0 Å². The molecule has 1 aromatic carbocycles. The molecule has 0 aromatic heterocycles. The van der Waals surface area contributed by atoms with Crippen molar-refractivity contribution in [2.75, 3.05) is 7.05 Å². The summed E-state index contributed by atoms with van der Waals surface area (Å²) in [6.07, 6.45) is 6.91. The fraction of sp³-hybridized carbons (Fsp3) is 0.625. The van der Waals surface area contributed by atoms with Gasteiger partial charge in [0.25, 0.3) is 0 Å². The smallest absolute Gasteiger partial charge is 0.124 e. The van der Waals surface area contributed by atoms with Crippen molar-refractivity contribution in [2.45, 2.75) is 38.1 Å². The maximum atomic E-state index is 13.2. The summed E-state index contributed by atoms with van der Waals surface area (Å²) in [6.45, 7) is 0. The molecule has 104 valence electrons. The predicted molar refractivity (Wildman–Crippen MR) is 79.5 cm³/mol. The molecule has 2 aliphatic rings. The fourth-order valence-electron chi connectivity index (χ4n) is 4.15. The van der Waals surface area contributed by atoms with E-state index in [1.165, 1.54) is 37.7 Å². The maximum Gasteiger partial charge on any atom is 0.124 e. The molecule has 3 heteroatoms. The molecular weight excluding hydrogens is 305 g/mol. The summed E-state index contributed by atoms with van der Waals surface area (Å²) in [6, 6.07) is 5.37. The molecule has 0 amide bonds. The zero-order valence-electron chi connectivity index (χ0n) is 11.3. The van der Waals surface area contributed by atoms with E-state index in [0.29, 0.717) is 6.04 Å². The topological polar surface area (TPSA) is 12.0 Å². The highest BCUT2D eigenvalue weighted by Gasteiger charge is 2.40. The third kappa shape index (κ3) is 2.73. The zero-order valence-corrected chi connectivity index (χ0v) is 12.9. The van der Waals surface area contributed by atoms with Crippen LogP contribution in [-0.4, -0.2) is 7.05 Å². The van der Waals surface area contributed by atoms with Crippen LogP contribution in [0.2, 0.25) is 0 Å². The van der Waals surface area contributed by atoms with E-state index >= 15 is 0 Å². The van der Waals surface area contributed by atoms with Gasteiger partial charge in [-0.2, -0.15) is 0 Å². The Kier molecular flexibility index (Phi) is 3.95. The van der Waals surface area contributed by atoms with Crippen molar-refractivity contribution in [3.8, 4) is 0 Å². The van der Waals surface area contributed by atoms with Crippen LogP contribution in [0.5, 0.6) is 0 Å². The van der Waals surface area contributed by atoms with Crippen LogP contribution in [-0.2, 0) is 0 Å². The van der Waals surface area contributed by atoms with Gasteiger partial charge in [0.15, 0.2) is 0 Å². The predicted octanol–water partition coefficient (Wildman–Crippen LogP) is 4.68. The second kappa shape index (κ2) is 5.53. The SMILES string of the molecule is CNC(CC1CC2CCC1C2)c1ccc(F)cc1Br. The summed E-state index contributed by atoms with van der Waals surface area (Å²) in [7, 11) is 2.01. The van der Waals surface area contributed by atoms with Crippen LogP contribution in [0.4, 0.5) is 4.39 Å². The first-order valence-electron chi connectivity index (χ1n) is 7.29. The van der Waals surface area contributed by atoms with E-state index in [2.05, 4.69) is 21.2 Å². The van der Waals surface area contributed by atoms with Gasteiger partial charge in [-0.1, -0.05) is 28.4 Å². The number of hydrogen-bond acceptors (Lipinski definition) is 1. The molecule has 0 radical (unpaired) electrons. The van der Waals surface area contributed by atoms with Gasteiger partial charge < -0.3 is 5.32 Å². The second-order valence-electron chi connectivity index (χ2n) is 6.18. The zero-order chi connectivity index (χ0) is 13.4. The molecule has 19 heavy (non-hydrogen) atoms. The normalized spacial score (nSPS) is 30.8. The summed E-state index contributed by atoms with van der Waals surface area (Å²) in [4.78, 5) is 0. The molecule has 4 unspecified atom stereocenters. The van der Waals surface area contributed by atoms with Crippen molar-refractivity contribution in [1.29, 1.82) is 0 Å². The van der Waals surface area contributed by atoms with Crippen molar-refractivity contribution in [3.63, 3.8) is 0 Å². The van der Waals surface area contributed by atoms with Crippen LogP contribution in [0.25, 0.3) is 0 Å². The highest BCUT2D eigenvalue weighted by Crippen LogP contribution is 2.51. The number of nitrogens with one attached hydrogen (secondary N) is 1. The molecule has 0 heterocycles. The van der Waals surface area contributed by atoms with Crippen molar-refractivity contribution in [3.05, 3.63) is 34.1 Å². The number of halogens is 2. The minimum atomic E-state index is -0.176. The van der Waals surface area contributed by atoms with Gasteiger partial charge in [-0.3, -0.25) is 0 Å². The Morgan fingerprint density at radius 1 is 1.37 bits per heavy atom. The Balaban J connectivity index is 1.73. The minimum Gasteiger partial charge on any atom is -0.313 e. The van der Waals surface area contributed by atoms with Gasteiger partial charge in [-0.05, 0) is 68.2 Å². The van der Waals surface area contributed by atoms with Crippen molar-refractivity contribution in [2.24, 2.45) is 17.8 Å². The molecule has 2 bridgehead atoms. The third-order valence-electron chi connectivity index (χ3n) is 5.11. The molecular formula is C16H21BrFN. The van der Waals surface area contributed by atoms with E-state index < -0.39 is 0 Å². The van der Waals surface area contributed by atoms with E-state index in [1.807, 2.05) is 13.1 Å². The highest BCUT2D eigenvalue weighted by molar-refractivity contribution is 9.10. The molecule has 1 aromatic rings. The molecule has 1 nitrogen and oxygen atoms in total. The highest BCUT2D eigenvalue weighted by atomic mass is 79.9. The van der Waals surface area contributed by atoms with E-state index in [9.17, 15) is 4.39 Å². The number of hydrogen-bond donors (Lipinski definition) is 1. The first kappa shape index (κ1) is 13.6. The lowest BCUT2D eigenvalue weighted by atomic mass is 9.83. The monoisotopic (exact) mass is 325 g/mol. The Labute approximate surface area is 123 Å². The van der Waals surface area contributed by atoms with E-state index in [0.717, 1.165) is 22.2 Å². The molecule has 2 saturated carbocycles. The van der Waals surface area contributed by atoms with Crippen LogP contribution in [0.15, 0.2) is 22.7 Å². The van der Waals surface area contributed by atoms with Gasteiger partial charge in [0.1, 0.15) is 5.82 Å². The van der Waals surface area contributed by atoms with E-state index in [1.54, 1.807) is 12.1 Å². The molecule has 3 rings (SSSR count). The average molecular weight is 326 g/mol. The van der Waals surface area contributed by atoms with E-state index in [-0.39, 0.29) is 5.82 Å². The third-order valence-corrected chi connectivity index (χ3v) is 5.80. The van der Waals surface area contributed by atoms with Crippen LogP contribution in [0, 0.1) is 23.6 Å².